The van der Waals surface area contributed by atoms with Crippen molar-refractivity contribution < 1.29 is 14.6 Å². The molecule has 2 unspecified atom stereocenters. The first-order valence-corrected chi connectivity index (χ1v) is 6.29. The van der Waals surface area contributed by atoms with E-state index in [4.69, 9.17) is 9.84 Å². The van der Waals surface area contributed by atoms with Gasteiger partial charge >= 0.3 is 5.97 Å². The number of rotatable bonds is 4. The number of carboxylic acids is 1. The summed E-state index contributed by atoms with van der Waals surface area (Å²) in [6.45, 7) is 2.46. The van der Waals surface area contributed by atoms with Crippen molar-refractivity contribution >= 4 is 5.97 Å². The lowest BCUT2D eigenvalue weighted by molar-refractivity contribution is 0.0684. The number of aromatic carboxylic acids is 1. The summed E-state index contributed by atoms with van der Waals surface area (Å²) in [5, 5.41) is 16.9. The fourth-order valence-electron chi connectivity index (χ4n) is 2.67. The Kier molecular flexibility index (Phi) is 3.96. The van der Waals surface area contributed by atoms with Gasteiger partial charge < -0.3 is 9.84 Å². The van der Waals surface area contributed by atoms with E-state index in [0.717, 1.165) is 19.3 Å². The first-order chi connectivity index (χ1) is 8.63. The zero-order valence-corrected chi connectivity index (χ0v) is 10.8. The quantitative estimate of drug-likeness (QED) is 0.886. The number of hydrogen-bond acceptors (Lipinski definition) is 4. The van der Waals surface area contributed by atoms with Crippen LogP contribution < -0.4 is 0 Å². The van der Waals surface area contributed by atoms with Gasteiger partial charge in [-0.1, -0.05) is 25.0 Å². The average Bonchev–Trinajstić information content (AvgIpc) is 2.73. The molecular formula is C12H19N3O3. The van der Waals surface area contributed by atoms with Gasteiger partial charge in [-0.15, -0.1) is 5.10 Å². The summed E-state index contributed by atoms with van der Waals surface area (Å²) in [6.07, 6.45) is 4.44. The average molecular weight is 253 g/mol. The van der Waals surface area contributed by atoms with Gasteiger partial charge in [-0.3, -0.25) is 0 Å². The summed E-state index contributed by atoms with van der Waals surface area (Å²) in [5.41, 5.74) is 0.583. The van der Waals surface area contributed by atoms with E-state index in [1.54, 1.807) is 11.8 Å². The largest absolute Gasteiger partial charge is 0.476 e. The van der Waals surface area contributed by atoms with Gasteiger partial charge in [-0.05, 0) is 18.8 Å². The van der Waals surface area contributed by atoms with Crippen LogP contribution in [0, 0.1) is 5.92 Å². The Morgan fingerprint density at radius 2 is 2.33 bits per heavy atom. The number of nitrogens with zero attached hydrogens (tertiary/aromatic N) is 3. The minimum atomic E-state index is -1.04. The van der Waals surface area contributed by atoms with E-state index in [9.17, 15) is 4.79 Å². The van der Waals surface area contributed by atoms with Crippen molar-refractivity contribution in [1.29, 1.82) is 0 Å². The lowest BCUT2D eigenvalue weighted by atomic mass is 9.87. The molecule has 1 heterocycles. The Morgan fingerprint density at radius 1 is 1.56 bits per heavy atom. The van der Waals surface area contributed by atoms with Crippen molar-refractivity contribution in [2.75, 3.05) is 7.11 Å². The van der Waals surface area contributed by atoms with E-state index >= 15 is 0 Å². The predicted molar refractivity (Wildman–Crippen MR) is 64.4 cm³/mol. The molecule has 0 aliphatic heterocycles. The predicted octanol–water partition coefficient (Wildman–Crippen LogP) is 1.87. The molecule has 1 aromatic heterocycles. The number of hydrogen-bond donors (Lipinski definition) is 1. The molecule has 100 valence electrons. The number of carbonyl (C=O) groups is 1. The summed E-state index contributed by atoms with van der Waals surface area (Å²) in [7, 11) is 1.55. The maximum Gasteiger partial charge on any atom is 0.358 e. The zero-order valence-electron chi connectivity index (χ0n) is 10.8. The second-order valence-corrected chi connectivity index (χ2v) is 4.99. The molecule has 0 radical (unpaired) electrons. The molecule has 1 aliphatic carbocycles. The highest BCUT2D eigenvalue weighted by molar-refractivity contribution is 5.86. The molecule has 2 rings (SSSR count). The second kappa shape index (κ2) is 5.48. The smallest absolute Gasteiger partial charge is 0.358 e. The Hall–Kier alpha value is -1.43. The lowest BCUT2D eigenvalue weighted by Crippen LogP contribution is -2.21. The number of aromatic nitrogens is 3. The van der Waals surface area contributed by atoms with Crippen molar-refractivity contribution in [3.05, 3.63) is 11.4 Å². The number of ether oxygens (including phenoxy) is 1. The molecule has 1 aliphatic rings. The van der Waals surface area contributed by atoms with Gasteiger partial charge in [0.25, 0.3) is 0 Å². The Balaban J connectivity index is 2.28. The lowest BCUT2D eigenvalue weighted by Gasteiger charge is -2.27. The van der Waals surface area contributed by atoms with Crippen molar-refractivity contribution in [2.45, 2.75) is 45.3 Å². The molecule has 0 saturated heterocycles. The van der Waals surface area contributed by atoms with Crippen molar-refractivity contribution in [1.82, 2.24) is 15.0 Å². The number of methoxy groups -OCH3 is 1. The molecular weight excluding hydrogens is 234 g/mol. The fourth-order valence-corrected chi connectivity index (χ4v) is 2.67. The molecule has 0 amide bonds. The fraction of sp³-hybridized carbons (Fsp3) is 0.750. The van der Waals surface area contributed by atoms with Crippen LogP contribution in [0.1, 0.15) is 54.8 Å². The first kappa shape index (κ1) is 13.0. The van der Waals surface area contributed by atoms with Crippen LogP contribution in [-0.4, -0.2) is 33.2 Å². The second-order valence-electron chi connectivity index (χ2n) is 4.99. The topological polar surface area (TPSA) is 77.2 Å². The molecule has 0 aromatic carbocycles. The molecule has 1 saturated carbocycles. The summed E-state index contributed by atoms with van der Waals surface area (Å²) in [6, 6.07) is 0.250. The SMILES string of the molecule is COCc1c(C(=O)O)nnn1C1CCCC(C)C1. The molecule has 1 aromatic rings. The first-order valence-electron chi connectivity index (χ1n) is 6.29. The summed E-state index contributed by atoms with van der Waals surface area (Å²) >= 11 is 0. The molecule has 6 nitrogen and oxygen atoms in total. The van der Waals surface area contributed by atoms with Gasteiger partial charge in [-0.25, -0.2) is 9.48 Å². The number of carboxylic acid groups (broad SMARTS) is 1. The summed E-state index contributed by atoms with van der Waals surface area (Å²) in [4.78, 5) is 11.1. The van der Waals surface area contributed by atoms with Crippen LogP contribution in [0.2, 0.25) is 0 Å². The minimum absolute atomic E-state index is 0.00933. The van der Waals surface area contributed by atoms with E-state index in [2.05, 4.69) is 17.2 Å². The van der Waals surface area contributed by atoms with Crippen LogP contribution in [-0.2, 0) is 11.3 Å². The summed E-state index contributed by atoms with van der Waals surface area (Å²) < 4.78 is 6.82. The molecule has 0 spiro atoms. The van der Waals surface area contributed by atoms with E-state index in [0.29, 0.717) is 11.6 Å². The van der Waals surface area contributed by atoms with E-state index < -0.39 is 5.97 Å². The van der Waals surface area contributed by atoms with E-state index in [-0.39, 0.29) is 18.3 Å². The van der Waals surface area contributed by atoms with Crippen LogP contribution in [0.25, 0.3) is 0 Å². The van der Waals surface area contributed by atoms with E-state index in [1.165, 1.54) is 6.42 Å². The van der Waals surface area contributed by atoms with Crippen LogP contribution >= 0.6 is 0 Å². The molecule has 2 atom stereocenters. The Morgan fingerprint density at radius 3 is 2.94 bits per heavy atom. The van der Waals surface area contributed by atoms with Crippen molar-refractivity contribution in [3.8, 4) is 0 Å². The Labute approximate surface area is 106 Å². The van der Waals surface area contributed by atoms with Gasteiger partial charge in [0.2, 0.25) is 0 Å². The third-order valence-corrected chi connectivity index (χ3v) is 3.53. The molecule has 0 bridgehead atoms. The van der Waals surface area contributed by atoms with Gasteiger partial charge in [0.15, 0.2) is 5.69 Å². The zero-order chi connectivity index (χ0) is 13.1. The molecule has 1 N–H and O–H groups in total. The highest BCUT2D eigenvalue weighted by Crippen LogP contribution is 2.32. The van der Waals surface area contributed by atoms with Gasteiger partial charge in [-0.2, -0.15) is 0 Å². The van der Waals surface area contributed by atoms with Crippen molar-refractivity contribution in [3.63, 3.8) is 0 Å². The highest BCUT2D eigenvalue weighted by atomic mass is 16.5. The minimum Gasteiger partial charge on any atom is -0.476 e. The van der Waals surface area contributed by atoms with Gasteiger partial charge in [0, 0.05) is 7.11 Å². The van der Waals surface area contributed by atoms with E-state index in [1.807, 2.05) is 0 Å². The Bertz CT molecular complexity index is 430. The van der Waals surface area contributed by atoms with Crippen molar-refractivity contribution in [2.24, 2.45) is 5.92 Å². The third kappa shape index (κ3) is 2.53. The molecule has 6 heteroatoms. The normalized spacial score (nSPS) is 24.1. The van der Waals surface area contributed by atoms with Gasteiger partial charge in [0.05, 0.1) is 18.3 Å². The summed E-state index contributed by atoms with van der Waals surface area (Å²) in [5.74, 6) is -0.395. The third-order valence-electron chi connectivity index (χ3n) is 3.53. The van der Waals surface area contributed by atoms with Crippen LogP contribution in [0.4, 0.5) is 0 Å². The monoisotopic (exact) mass is 253 g/mol. The maximum absolute atomic E-state index is 11.1. The molecule has 18 heavy (non-hydrogen) atoms. The standard InChI is InChI=1S/C12H19N3O3/c1-8-4-3-5-9(6-8)15-10(7-18-2)11(12(16)17)13-14-15/h8-9H,3-7H2,1-2H3,(H,16,17). The van der Waals surface area contributed by atoms with Crippen LogP contribution in [0.15, 0.2) is 0 Å². The highest BCUT2D eigenvalue weighted by Gasteiger charge is 2.27. The maximum atomic E-state index is 11.1. The van der Waals surface area contributed by atoms with Gasteiger partial charge in [0.1, 0.15) is 0 Å². The molecule has 1 fully saturated rings. The van der Waals surface area contributed by atoms with Crippen LogP contribution in [0.5, 0.6) is 0 Å². The van der Waals surface area contributed by atoms with Crippen LogP contribution in [0.3, 0.4) is 0 Å².